The van der Waals surface area contributed by atoms with Crippen LogP contribution < -0.4 is 15.4 Å². The minimum Gasteiger partial charge on any atom is -0.497 e. The van der Waals surface area contributed by atoms with E-state index in [4.69, 9.17) is 14.5 Å². The molecule has 2 N–H and O–H groups in total. The van der Waals surface area contributed by atoms with E-state index in [2.05, 4.69) is 41.6 Å². The number of hydrogen-bond donors (Lipinski definition) is 2. The highest BCUT2D eigenvalue weighted by Crippen LogP contribution is 2.33. The zero-order valence-electron chi connectivity index (χ0n) is 20.3. The number of aliphatic imine (C=N–C) groups is 1. The first kappa shape index (κ1) is 24.0. The normalized spacial score (nSPS) is 19.6. The van der Waals surface area contributed by atoms with Gasteiger partial charge >= 0.3 is 0 Å². The average Bonchev–Trinajstić information content (AvgIpc) is 3.10. The minimum atomic E-state index is 0.108. The molecule has 2 unspecified atom stereocenters. The molecule has 8 nitrogen and oxygen atoms in total. The van der Waals surface area contributed by atoms with Gasteiger partial charge in [0.1, 0.15) is 11.6 Å². The number of aromatic nitrogens is 3. The molecule has 0 radical (unpaired) electrons. The minimum absolute atomic E-state index is 0.108. The van der Waals surface area contributed by atoms with E-state index in [9.17, 15) is 0 Å². The summed E-state index contributed by atoms with van der Waals surface area (Å²) in [5, 5.41) is 15.4. The molecule has 1 fully saturated rings. The van der Waals surface area contributed by atoms with Crippen LogP contribution in [0, 0.1) is 18.3 Å². The van der Waals surface area contributed by atoms with Crippen LogP contribution in [0.2, 0.25) is 0 Å². The number of rotatable bonds is 7. The van der Waals surface area contributed by atoms with Crippen LogP contribution in [0.25, 0.3) is 0 Å². The second-order valence-corrected chi connectivity index (χ2v) is 9.53. The topological polar surface area (TPSA) is 85.6 Å². The van der Waals surface area contributed by atoms with Gasteiger partial charge in [0.2, 0.25) is 0 Å². The molecule has 176 valence electrons. The zero-order valence-corrected chi connectivity index (χ0v) is 20.3. The van der Waals surface area contributed by atoms with Crippen molar-refractivity contribution in [3.63, 3.8) is 0 Å². The highest BCUT2D eigenvalue weighted by Gasteiger charge is 2.35. The SMILES string of the molecule is COc1ccc(CN=C(NCc2nnc(C)n2C)NCC2CCCOC2C(C)(C)C)cc1. The highest BCUT2D eigenvalue weighted by atomic mass is 16.5. The van der Waals surface area contributed by atoms with Gasteiger partial charge in [0.15, 0.2) is 11.8 Å². The third kappa shape index (κ3) is 6.45. The molecule has 0 aliphatic carbocycles. The van der Waals surface area contributed by atoms with E-state index >= 15 is 0 Å². The number of methoxy groups -OCH3 is 1. The molecule has 1 aliphatic heterocycles. The van der Waals surface area contributed by atoms with Gasteiger partial charge in [-0.15, -0.1) is 10.2 Å². The lowest BCUT2D eigenvalue weighted by Gasteiger charge is -2.40. The molecule has 2 aromatic rings. The van der Waals surface area contributed by atoms with Gasteiger partial charge < -0.3 is 24.7 Å². The van der Waals surface area contributed by atoms with Crippen molar-refractivity contribution in [2.75, 3.05) is 20.3 Å². The molecule has 1 saturated heterocycles. The number of ether oxygens (including phenoxy) is 2. The predicted molar refractivity (Wildman–Crippen MR) is 127 cm³/mol. The Morgan fingerprint density at radius 1 is 1.22 bits per heavy atom. The van der Waals surface area contributed by atoms with Crippen molar-refractivity contribution in [3.05, 3.63) is 41.5 Å². The summed E-state index contributed by atoms with van der Waals surface area (Å²) in [6, 6.07) is 8.00. The molecule has 1 aromatic carbocycles. The van der Waals surface area contributed by atoms with Crippen LogP contribution in [0.1, 0.15) is 50.8 Å². The van der Waals surface area contributed by atoms with Crippen molar-refractivity contribution in [1.29, 1.82) is 0 Å². The number of nitrogens with one attached hydrogen (secondary N) is 2. The van der Waals surface area contributed by atoms with Crippen LogP contribution in [-0.4, -0.2) is 47.1 Å². The molecular formula is C24H38N6O2. The summed E-state index contributed by atoms with van der Waals surface area (Å²) < 4.78 is 13.4. The summed E-state index contributed by atoms with van der Waals surface area (Å²) in [5.74, 6) is 3.81. The Labute approximate surface area is 191 Å². The van der Waals surface area contributed by atoms with Gasteiger partial charge in [-0.25, -0.2) is 4.99 Å². The Hall–Kier alpha value is -2.61. The van der Waals surface area contributed by atoms with Crippen molar-refractivity contribution >= 4 is 5.96 Å². The summed E-state index contributed by atoms with van der Waals surface area (Å²) in [7, 11) is 3.65. The summed E-state index contributed by atoms with van der Waals surface area (Å²) in [4.78, 5) is 4.83. The van der Waals surface area contributed by atoms with Crippen molar-refractivity contribution < 1.29 is 9.47 Å². The fourth-order valence-electron chi connectivity index (χ4n) is 4.08. The average molecular weight is 443 g/mol. The fraction of sp³-hybridized carbons (Fsp3) is 0.625. The molecular weight excluding hydrogens is 404 g/mol. The number of guanidine groups is 1. The molecule has 0 bridgehead atoms. The third-order valence-electron chi connectivity index (χ3n) is 6.01. The number of benzene rings is 1. The first-order chi connectivity index (χ1) is 15.3. The zero-order chi connectivity index (χ0) is 23.1. The van der Waals surface area contributed by atoms with Crippen LogP contribution in [0.4, 0.5) is 0 Å². The molecule has 32 heavy (non-hydrogen) atoms. The third-order valence-corrected chi connectivity index (χ3v) is 6.01. The molecule has 8 heteroatoms. The molecule has 2 heterocycles. The Bertz CT molecular complexity index is 885. The van der Waals surface area contributed by atoms with Gasteiger partial charge in [0, 0.05) is 26.1 Å². The molecule has 0 amide bonds. The molecule has 0 saturated carbocycles. The van der Waals surface area contributed by atoms with E-state index in [1.54, 1.807) is 7.11 Å². The first-order valence-corrected chi connectivity index (χ1v) is 11.4. The Balaban J connectivity index is 1.69. The van der Waals surface area contributed by atoms with Crippen molar-refractivity contribution in [2.24, 2.45) is 23.4 Å². The monoisotopic (exact) mass is 442 g/mol. The van der Waals surface area contributed by atoms with Gasteiger partial charge in [-0.3, -0.25) is 0 Å². The molecule has 2 atom stereocenters. The van der Waals surface area contributed by atoms with Crippen LogP contribution in [-0.2, 0) is 24.9 Å². The lowest BCUT2D eigenvalue weighted by molar-refractivity contribution is -0.0835. The molecule has 1 aliphatic rings. The van der Waals surface area contributed by atoms with Crippen molar-refractivity contribution in [2.45, 2.75) is 59.7 Å². The summed E-state index contributed by atoms with van der Waals surface area (Å²) in [6.07, 6.45) is 2.49. The Morgan fingerprint density at radius 2 is 1.97 bits per heavy atom. The van der Waals surface area contributed by atoms with Gasteiger partial charge in [-0.2, -0.15) is 0 Å². The van der Waals surface area contributed by atoms with Gasteiger partial charge in [0.05, 0.1) is 26.3 Å². The van der Waals surface area contributed by atoms with Crippen LogP contribution in [0.15, 0.2) is 29.3 Å². The largest absolute Gasteiger partial charge is 0.497 e. The maximum absolute atomic E-state index is 6.15. The summed E-state index contributed by atoms with van der Waals surface area (Å²) >= 11 is 0. The predicted octanol–water partition coefficient (Wildman–Crippen LogP) is 3.21. The maximum Gasteiger partial charge on any atom is 0.191 e. The van der Waals surface area contributed by atoms with Gasteiger partial charge in [0.25, 0.3) is 0 Å². The smallest absolute Gasteiger partial charge is 0.191 e. The van der Waals surface area contributed by atoms with E-state index in [1.807, 2.05) is 42.8 Å². The summed E-state index contributed by atoms with van der Waals surface area (Å²) in [5.41, 5.74) is 1.23. The maximum atomic E-state index is 6.15. The quantitative estimate of drug-likeness (QED) is 0.506. The van der Waals surface area contributed by atoms with E-state index < -0.39 is 0 Å². The lowest BCUT2D eigenvalue weighted by atomic mass is 9.78. The van der Waals surface area contributed by atoms with Crippen LogP contribution in [0.3, 0.4) is 0 Å². The van der Waals surface area contributed by atoms with E-state index in [0.29, 0.717) is 19.0 Å². The molecule has 0 spiro atoms. The van der Waals surface area contributed by atoms with Crippen molar-refractivity contribution in [3.8, 4) is 5.75 Å². The van der Waals surface area contributed by atoms with Gasteiger partial charge in [-0.1, -0.05) is 32.9 Å². The van der Waals surface area contributed by atoms with Crippen LogP contribution >= 0.6 is 0 Å². The van der Waals surface area contributed by atoms with E-state index in [1.165, 1.54) is 0 Å². The number of nitrogens with zero attached hydrogens (tertiary/aromatic N) is 4. The summed E-state index contributed by atoms with van der Waals surface area (Å²) in [6.45, 7) is 11.5. The molecule has 3 rings (SSSR count). The standard InChI is InChI=1S/C24H38N6O2/c1-17-28-29-21(30(17)5)16-27-23(25-14-18-9-11-20(31-6)12-10-18)26-15-19-8-7-13-32-22(19)24(2,3)4/h9-12,19,22H,7-8,13-16H2,1-6H3,(H2,25,26,27). The second-order valence-electron chi connectivity index (χ2n) is 9.53. The fourth-order valence-corrected chi connectivity index (χ4v) is 4.08. The Kier molecular flexibility index (Phi) is 8.12. The van der Waals surface area contributed by atoms with E-state index in [0.717, 1.165) is 54.9 Å². The number of aryl methyl sites for hydroxylation is 1. The lowest BCUT2D eigenvalue weighted by Crippen LogP contribution is -2.47. The van der Waals surface area contributed by atoms with Crippen molar-refractivity contribution in [1.82, 2.24) is 25.4 Å². The number of hydrogen-bond acceptors (Lipinski definition) is 5. The molecule has 1 aromatic heterocycles. The van der Waals surface area contributed by atoms with Gasteiger partial charge in [-0.05, 0) is 42.9 Å². The second kappa shape index (κ2) is 10.8. The van der Waals surface area contributed by atoms with Crippen LogP contribution in [0.5, 0.6) is 5.75 Å². The Morgan fingerprint density at radius 3 is 2.59 bits per heavy atom. The highest BCUT2D eigenvalue weighted by molar-refractivity contribution is 5.79. The van der Waals surface area contributed by atoms with E-state index in [-0.39, 0.29) is 11.5 Å². The first-order valence-electron chi connectivity index (χ1n) is 11.4.